The number of fused-ring (bicyclic) bond motifs is 1. The lowest BCUT2D eigenvalue weighted by Gasteiger charge is -2.35. The Morgan fingerprint density at radius 2 is 1.50 bits per heavy atom. The molecule has 0 saturated carbocycles. The van der Waals surface area contributed by atoms with Crippen molar-refractivity contribution in [2.45, 2.75) is 89.4 Å². The van der Waals surface area contributed by atoms with Crippen molar-refractivity contribution >= 4 is 17.7 Å². The number of hydrogen-bond donors (Lipinski definition) is 7. The Bertz CT molecular complexity index is 1930. The van der Waals surface area contributed by atoms with Gasteiger partial charge < -0.3 is 40.7 Å². The second kappa shape index (κ2) is 18.9. The van der Waals surface area contributed by atoms with Crippen molar-refractivity contribution in [3.05, 3.63) is 125 Å². The summed E-state index contributed by atoms with van der Waals surface area (Å²) >= 11 is 0. The molecule has 0 spiro atoms. The molecule has 298 valence electrons. The molecular formula is C44H54N4O8. The van der Waals surface area contributed by atoms with Crippen LogP contribution in [-0.4, -0.2) is 77.6 Å². The number of phenols is 1. The van der Waals surface area contributed by atoms with E-state index in [4.69, 9.17) is 9.47 Å². The zero-order chi connectivity index (χ0) is 40.4. The number of phenolic OH excluding ortho intramolecular Hbond substituents is 1. The van der Waals surface area contributed by atoms with Crippen molar-refractivity contribution in [2.75, 3.05) is 14.2 Å². The smallest absolute Gasteiger partial charge is 0.243 e. The molecule has 3 amide bonds. The molecule has 1 aliphatic carbocycles. The fourth-order valence-electron chi connectivity index (χ4n) is 7.01. The number of aliphatic hydroxyl groups excluding tert-OH is 2. The second-order valence-corrected chi connectivity index (χ2v) is 15.3. The lowest BCUT2D eigenvalue weighted by Crippen LogP contribution is -2.62. The summed E-state index contributed by atoms with van der Waals surface area (Å²) in [4.78, 5) is 41.9. The van der Waals surface area contributed by atoms with Gasteiger partial charge in [0.1, 0.15) is 17.8 Å². The second-order valence-electron chi connectivity index (χ2n) is 15.3. The molecule has 0 saturated heterocycles. The lowest BCUT2D eigenvalue weighted by atomic mass is 9.85. The highest BCUT2D eigenvalue weighted by atomic mass is 16.5. The quantitative estimate of drug-likeness (QED) is 0.0840. The van der Waals surface area contributed by atoms with Crippen LogP contribution >= 0.6 is 0 Å². The highest BCUT2D eigenvalue weighted by Crippen LogP contribution is 2.32. The van der Waals surface area contributed by atoms with Gasteiger partial charge in [0.25, 0.3) is 0 Å². The van der Waals surface area contributed by atoms with Crippen LogP contribution < -0.4 is 30.7 Å². The summed E-state index contributed by atoms with van der Waals surface area (Å²) in [6, 6.07) is 25.1. The van der Waals surface area contributed by atoms with Crippen LogP contribution in [0, 0.1) is 5.41 Å². The van der Waals surface area contributed by atoms with E-state index in [-0.39, 0.29) is 31.0 Å². The number of rotatable bonds is 17. The van der Waals surface area contributed by atoms with Gasteiger partial charge in [-0.2, -0.15) is 0 Å². The molecule has 0 bridgehead atoms. The van der Waals surface area contributed by atoms with Gasteiger partial charge in [-0.05, 0) is 70.3 Å². The molecule has 1 aliphatic rings. The number of nitrogens with one attached hydrogen (secondary N) is 4. The number of benzene rings is 4. The van der Waals surface area contributed by atoms with Crippen LogP contribution in [0.1, 0.15) is 61.1 Å². The molecule has 6 atom stereocenters. The Morgan fingerprint density at radius 1 is 0.821 bits per heavy atom. The molecule has 0 fully saturated rings. The number of hydrogen-bond acceptors (Lipinski definition) is 9. The van der Waals surface area contributed by atoms with Gasteiger partial charge in [0.05, 0.1) is 38.5 Å². The van der Waals surface area contributed by atoms with E-state index in [9.17, 15) is 29.7 Å². The molecule has 7 N–H and O–H groups in total. The molecule has 0 heterocycles. The predicted molar refractivity (Wildman–Crippen MR) is 213 cm³/mol. The van der Waals surface area contributed by atoms with Crippen molar-refractivity contribution in [3.63, 3.8) is 0 Å². The van der Waals surface area contributed by atoms with Crippen molar-refractivity contribution < 1.29 is 39.2 Å². The largest absolute Gasteiger partial charge is 0.504 e. The molecule has 0 radical (unpaired) electrons. The molecule has 0 aromatic heterocycles. The van der Waals surface area contributed by atoms with E-state index in [0.717, 1.165) is 27.8 Å². The van der Waals surface area contributed by atoms with E-state index in [0.29, 0.717) is 24.3 Å². The third-order valence-electron chi connectivity index (χ3n) is 10.2. The normalized spacial score (nSPS) is 17.1. The highest BCUT2D eigenvalue weighted by molar-refractivity contribution is 5.89. The van der Waals surface area contributed by atoms with Crippen LogP contribution in [0.15, 0.2) is 97.1 Å². The number of aliphatic hydroxyl groups is 2. The molecule has 12 nitrogen and oxygen atoms in total. The molecule has 56 heavy (non-hydrogen) atoms. The minimum atomic E-state index is -1.47. The first kappa shape index (κ1) is 41.7. The van der Waals surface area contributed by atoms with Gasteiger partial charge in [-0.1, -0.05) is 93.6 Å². The van der Waals surface area contributed by atoms with Crippen molar-refractivity contribution in [3.8, 4) is 17.2 Å². The molecule has 5 rings (SSSR count). The Morgan fingerprint density at radius 3 is 2.16 bits per heavy atom. The summed E-state index contributed by atoms with van der Waals surface area (Å²) in [5.41, 5.74) is 3.35. The Hall–Kier alpha value is -5.43. The predicted octanol–water partition coefficient (Wildman–Crippen LogP) is 3.89. The average Bonchev–Trinajstić information content (AvgIpc) is 3.49. The summed E-state index contributed by atoms with van der Waals surface area (Å²) in [6.07, 6.45) is -1.42. The van der Waals surface area contributed by atoms with Crippen LogP contribution in [0.25, 0.3) is 0 Å². The van der Waals surface area contributed by atoms with Gasteiger partial charge in [-0.15, -0.1) is 0 Å². The summed E-state index contributed by atoms with van der Waals surface area (Å²) < 4.78 is 10.4. The van der Waals surface area contributed by atoms with Crippen LogP contribution in [0.2, 0.25) is 0 Å². The Kier molecular flexibility index (Phi) is 14.1. The fourth-order valence-corrected chi connectivity index (χ4v) is 7.01. The molecular weight excluding hydrogens is 713 g/mol. The zero-order valence-electron chi connectivity index (χ0n) is 32.6. The average molecular weight is 767 g/mol. The summed E-state index contributed by atoms with van der Waals surface area (Å²) in [7, 11) is 3.03. The molecule has 4 aromatic rings. The van der Waals surface area contributed by atoms with E-state index in [1.54, 1.807) is 31.4 Å². The highest BCUT2D eigenvalue weighted by Gasteiger charge is 2.40. The first-order valence-electron chi connectivity index (χ1n) is 18.9. The number of ether oxygens (including phenoxy) is 2. The SMILES string of the molecule is COc1ccc(CN[C@@H](C(=O)NC2c3ccccc3C[C@H]2O)[C@H](O)[C@H](Cc2ccccc2)NC(=O)[C@@H](NC(=O)CCc2ccc(OC)c(O)c2)C(C)(C)C)cc1. The maximum absolute atomic E-state index is 14.3. The third kappa shape index (κ3) is 10.9. The first-order valence-corrected chi connectivity index (χ1v) is 18.9. The van der Waals surface area contributed by atoms with Gasteiger partial charge in [-0.25, -0.2) is 0 Å². The van der Waals surface area contributed by atoms with Crippen LogP contribution in [0.3, 0.4) is 0 Å². The van der Waals surface area contributed by atoms with Crippen molar-refractivity contribution in [1.82, 2.24) is 21.3 Å². The van der Waals surface area contributed by atoms with E-state index in [1.165, 1.54) is 13.2 Å². The molecule has 12 heteroatoms. The Labute approximate surface area is 328 Å². The minimum absolute atomic E-state index is 0.0323. The fraction of sp³-hybridized carbons (Fsp3) is 0.386. The number of aromatic hydroxyl groups is 1. The van der Waals surface area contributed by atoms with E-state index < -0.39 is 53.6 Å². The molecule has 1 unspecified atom stereocenters. The molecule has 0 aliphatic heterocycles. The van der Waals surface area contributed by atoms with Crippen molar-refractivity contribution in [2.24, 2.45) is 5.41 Å². The summed E-state index contributed by atoms with van der Waals surface area (Å²) in [6.45, 7) is 5.69. The standard InChI is InChI=1S/C44H54N4O8/c1-44(2,3)41(47-37(51)22-18-28-17-21-36(56-5)34(49)24-28)43(54)46-33(23-27-11-7-6-8-12-27)40(52)39(45-26-29-15-19-31(55-4)20-16-29)42(53)48-38-32-14-10-9-13-30(32)25-35(38)50/h6-17,19-21,24,33,35,38-41,45,49-50,52H,18,22-23,25-26H2,1-5H3,(H,46,54)(H,47,51)(H,48,53)/t33-,35+,38?,39+,40+,41+/m0/s1. The van der Waals surface area contributed by atoms with Gasteiger partial charge in [0, 0.05) is 19.4 Å². The van der Waals surface area contributed by atoms with E-state index in [1.807, 2.05) is 87.5 Å². The lowest BCUT2D eigenvalue weighted by molar-refractivity contribution is -0.134. The number of aryl methyl sites for hydroxylation is 1. The van der Waals surface area contributed by atoms with Crippen molar-refractivity contribution in [1.29, 1.82) is 0 Å². The summed E-state index contributed by atoms with van der Waals surface area (Å²) in [5.74, 6) is -0.485. The number of carbonyl (C=O) groups is 3. The molecule has 4 aromatic carbocycles. The number of carbonyl (C=O) groups excluding carboxylic acids is 3. The van der Waals surface area contributed by atoms with Gasteiger partial charge in [0.15, 0.2) is 11.5 Å². The first-order chi connectivity index (χ1) is 26.8. The topological polar surface area (TPSA) is 178 Å². The van der Waals surface area contributed by atoms with Crippen LogP contribution in [0.4, 0.5) is 0 Å². The van der Waals surface area contributed by atoms with Crippen LogP contribution in [-0.2, 0) is 40.2 Å². The minimum Gasteiger partial charge on any atom is -0.504 e. The van der Waals surface area contributed by atoms with Gasteiger partial charge in [-0.3, -0.25) is 19.7 Å². The van der Waals surface area contributed by atoms with Gasteiger partial charge in [0.2, 0.25) is 17.7 Å². The summed E-state index contributed by atoms with van der Waals surface area (Å²) in [5, 5.41) is 45.5. The van der Waals surface area contributed by atoms with E-state index in [2.05, 4.69) is 21.3 Å². The monoisotopic (exact) mass is 766 g/mol. The zero-order valence-corrected chi connectivity index (χ0v) is 32.6. The number of amides is 3. The van der Waals surface area contributed by atoms with Crippen LogP contribution in [0.5, 0.6) is 17.2 Å². The Balaban J connectivity index is 1.39. The van der Waals surface area contributed by atoms with E-state index >= 15 is 0 Å². The van der Waals surface area contributed by atoms with Gasteiger partial charge >= 0.3 is 0 Å². The maximum Gasteiger partial charge on any atom is 0.243 e. The third-order valence-corrected chi connectivity index (χ3v) is 10.2. The number of methoxy groups -OCH3 is 2. The maximum atomic E-state index is 14.3.